The Morgan fingerprint density at radius 3 is 2.39 bits per heavy atom. The Bertz CT molecular complexity index is 433. The lowest BCUT2D eigenvalue weighted by Gasteiger charge is -2.08. The lowest BCUT2D eigenvalue weighted by atomic mass is 10.3. The molecule has 0 spiro atoms. The largest absolute Gasteiger partial charge is 0.401 e. The standard InChI is InChI=1S/C10H9F5N2O/c11-7-2-1-6(3-8(7)12)17-9(18)4-16-5-10(13,14)15/h1-3,16H,4-5H2,(H,17,18). The van der Waals surface area contributed by atoms with Gasteiger partial charge < -0.3 is 10.6 Å². The van der Waals surface area contributed by atoms with E-state index >= 15 is 0 Å². The van der Waals surface area contributed by atoms with Gasteiger partial charge in [0, 0.05) is 11.8 Å². The summed E-state index contributed by atoms with van der Waals surface area (Å²) in [4.78, 5) is 11.1. The fourth-order valence-electron chi connectivity index (χ4n) is 1.10. The van der Waals surface area contributed by atoms with Crippen LogP contribution >= 0.6 is 0 Å². The Kier molecular flexibility index (Phi) is 4.60. The molecule has 8 heteroatoms. The van der Waals surface area contributed by atoms with Crippen molar-refractivity contribution in [2.24, 2.45) is 0 Å². The van der Waals surface area contributed by atoms with E-state index in [4.69, 9.17) is 0 Å². The van der Waals surface area contributed by atoms with E-state index in [1.165, 1.54) is 0 Å². The minimum atomic E-state index is -4.41. The zero-order valence-electron chi connectivity index (χ0n) is 8.94. The third-order valence-electron chi connectivity index (χ3n) is 1.81. The smallest absolute Gasteiger partial charge is 0.325 e. The van der Waals surface area contributed by atoms with E-state index in [2.05, 4.69) is 5.32 Å². The first-order valence-electron chi connectivity index (χ1n) is 4.80. The van der Waals surface area contributed by atoms with Crippen LogP contribution in [0.1, 0.15) is 0 Å². The highest BCUT2D eigenvalue weighted by Crippen LogP contribution is 2.13. The molecule has 3 nitrogen and oxygen atoms in total. The third-order valence-corrected chi connectivity index (χ3v) is 1.81. The van der Waals surface area contributed by atoms with Crippen LogP contribution in [0.5, 0.6) is 0 Å². The predicted molar refractivity (Wildman–Crippen MR) is 53.9 cm³/mol. The van der Waals surface area contributed by atoms with Crippen LogP contribution in [0.15, 0.2) is 18.2 Å². The molecule has 1 amide bonds. The summed E-state index contributed by atoms with van der Waals surface area (Å²) in [5, 5.41) is 3.99. The van der Waals surface area contributed by atoms with E-state index in [9.17, 15) is 26.7 Å². The number of carbonyl (C=O) groups is 1. The number of benzene rings is 1. The van der Waals surface area contributed by atoms with Gasteiger partial charge in [-0.05, 0) is 12.1 Å². The van der Waals surface area contributed by atoms with Gasteiger partial charge in [-0.1, -0.05) is 0 Å². The summed E-state index contributed by atoms with van der Waals surface area (Å²) in [5.41, 5.74) is -0.0345. The van der Waals surface area contributed by atoms with E-state index in [1.54, 1.807) is 0 Å². The van der Waals surface area contributed by atoms with Crippen LogP contribution in [0.3, 0.4) is 0 Å². The first-order valence-corrected chi connectivity index (χ1v) is 4.80. The zero-order valence-corrected chi connectivity index (χ0v) is 8.94. The number of amides is 1. The van der Waals surface area contributed by atoms with Gasteiger partial charge in [0.2, 0.25) is 5.91 Å². The molecule has 1 aromatic carbocycles. The van der Waals surface area contributed by atoms with E-state index in [0.717, 1.165) is 18.2 Å². The fourth-order valence-corrected chi connectivity index (χ4v) is 1.10. The van der Waals surface area contributed by atoms with Crippen molar-refractivity contribution < 1.29 is 26.7 Å². The van der Waals surface area contributed by atoms with Crippen LogP contribution in [-0.2, 0) is 4.79 Å². The Morgan fingerprint density at radius 1 is 1.17 bits per heavy atom. The van der Waals surface area contributed by atoms with Crippen LogP contribution in [0.2, 0.25) is 0 Å². The second-order valence-corrected chi connectivity index (χ2v) is 3.40. The summed E-state index contributed by atoms with van der Waals surface area (Å²) < 4.78 is 60.5. The molecule has 0 aliphatic heterocycles. The van der Waals surface area contributed by atoms with Gasteiger partial charge in [0.25, 0.3) is 0 Å². The molecule has 0 aromatic heterocycles. The molecule has 1 rings (SSSR count). The zero-order chi connectivity index (χ0) is 13.8. The lowest BCUT2D eigenvalue weighted by molar-refractivity contribution is -0.126. The summed E-state index contributed by atoms with van der Waals surface area (Å²) in [6.45, 7) is -1.89. The fraction of sp³-hybridized carbons (Fsp3) is 0.300. The van der Waals surface area contributed by atoms with Gasteiger partial charge in [0.05, 0.1) is 13.1 Å². The lowest BCUT2D eigenvalue weighted by Crippen LogP contribution is -2.35. The van der Waals surface area contributed by atoms with Gasteiger partial charge in [-0.25, -0.2) is 8.78 Å². The van der Waals surface area contributed by atoms with E-state index in [0.29, 0.717) is 0 Å². The molecule has 100 valence electrons. The SMILES string of the molecule is O=C(CNCC(F)(F)F)Nc1ccc(F)c(F)c1. The monoisotopic (exact) mass is 268 g/mol. The summed E-state index contributed by atoms with van der Waals surface area (Å²) >= 11 is 0. The average Bonchev–Trinajstić information content (AvgIpc) is 2.21. The maximum Gasteiger partial charge on any atom is 0.401 e. The second-order valence-electron chi connectivity index (χ2n) is 3.40. The van der Waals surface area contributed by atoms with Crippen LogP contribution in [0.25, 0.3) is 0 Å². The molecule has 0 radical (unpaired) electrons. The molecule has 0 heterocycles. The number of anilines is 1. The number of rotatable bonds is 4. The van der Waals surface area contributed by atoms with E-state index < -0.39 is 36.8 Å². The van der Waals surface area contributed by atoms with Crippen molar-refractivity contribution in [1.82, 2.24) is 5.32 Å². The van der Waals surface area contributed by atoms with Crippen LogP contribution in [-0.4, -0.2) is 25.2 Å². The number of hydrogen-bond donors (Lipinski definition) is 2. The molecular weight excluding hydrogens is 259 g/mol. The number of alkyl halides is 3. The molecule has 0 fully saturated rings. The summed E-state index contributed by atoms with van der Waals surface area (Å²) in [6, 6.07) is 2.63. The molecule has 2 N–H and O–H groups in total. The Balaban J connectivity index is 2.42. The normalized spacial score (nSPS) is 11.4. The topological polar surface area (TPSA) is 41.1 Å². The van der Waals surface area contributed by atoms with Gasteiger partial charge in [-0.15, -0.1) is 0 Å². The van der Waals surface area contributed by atoms with Crippen molar-refractivity contribution in [2.75, 3.05) is 18.4 Å². The van der Waals surface area contributed by atoms with Crippen molar-refractivity contribution in [2.45, 2.75) is 6.18 Å². The van der Waals surface area contributed by atoms with Gasteiger partial charge >= 0.3 is 6.18 Å². The van der Waals surface area contributed by atoms with Gasteiger partial charge in [-0.3, -0.25) is 4.79 Å². The molecule has 18 heavy (non-hydrogen) atoms. The van der Waals surface area contributed by atoms with E-state index in [-0.39, 0.29) is 5.69 Å². The highest BCUT2D eigenvalue weighted by atomic mass is 19.4. The maximum absolute atomic E-state index is 12.7. The minimum absolute atomic E-state index is 0.0345. The number of hydrogen-bond acceptors (Lipinski definition) is 2. The first kappa shape index (κ1) is 14.4. The summed E-state index contributed by atoms with van der Waals surface area (Å²) in [7, 11) is 0. The quantitative estimate of drug-likeness (QED) is 0.821. The molecule has 0 aliphatic rings. The summed E-state index contributed by atoms with van der Waals surface area (Å²) in [5.74, 6) is -3.02. The Labute approximate surface area is 99.0 Å². The first-order chi connectivity index (χ1) is 8.28. The van der Waals surface area contributed by atoms with Crippen LogP contribution in [0, 0.1) is 11.6 Å². The van der Waals surface area contributed by atoms with Crippen molar-refractivity contribution in [3.05, 3.63) is 29.8 Å². The van der Waals surface area contributed by atoms with Gasteiger partial charge in [-0.2, -0.15) is 13.2 Å². The Morgan fingerprint density at radius 2 is 1.83 bits per heavy atom. The van der Waals surface area contributed by atoms with Crippen molar-refractivity contribution in [1.29, 1.82) is 0 Å². The molecular formula is C10H9F5N2O. The van der Waals surface area contributed by atoms with Gasteiger partial charge in [0.15, 0.2) is 11.6 Å². The van der Waals surface area contributed by atoms with Crippen molar-refractivity contribution >= 4 is 11.6 Å². The molecule has 0 aliphatic carbocycles. The third kappa shape index (κ3) is 5.09. The average molecular weight is 268 g/mol. The highest BCUT2D eigenvalue weighted by molar-refractivity contribution is 5.92. The molecule has 0 bridgehead atoms. The second kappa shape index (κ2) is 5.76. The molecule has 0 atom stereocenters. The number of carbonyl (C=O) groups excluding carboxylic acids is 1. The molecule has 0 saturated heterocycles. The molecule has 1 aromatic rings. The van der Waals surface area contributed by atoms with Crippen LogP contribution in [0.4, 0.5) is 27.6 Å². The summed E-state index contributed by atoms with van der Waals surface area (Å²) in [6.07, 6.45) is -4.41. The van der Waals surface area contributed by atoms with Crippen molar-refractivity contribution in [3.63, 3.8) is 0 Å². The minimum Gasteiger partial charge on any atom is -0.325 e. The molecule has 0 unspecified atom stereocenters. The highest BCUT2D eigenvalue weighted by Gasteiger charge is 2.26. The predicted octanol–water partition coefficient (Wildman–Crippen LogP) is 2.06. The number of nitrogens with one attached hydrogen (secondary N) is 2. The maximum atomic E-state index is 12.7. The Hall–Kier alpha value is -1.70. The van der Waals surface area contributed by atoms with E-state index in [1.807, 2.05) is 5.32 Å². The number of halogens is 5. The molecule has 0 saturated carbocycles. The van der Waals surface area contributed by atoms with Crippen molar-refractivity contribution in [3.8, 4) is 0 Å². The van der Waals surface area contributed by atoms with Gasteiger partial charge in [0.1, 0.15) is 0 Å². The van der Waals surface area contributed by atoms with Crippen LogP contribution < -0.4 is 10.6 Å².